The molecular weight excluding hydrogens is 289 g/mol. The van der Waals surface area contributed by atoms with Crippen molar-refractivity contribution in [3.8, 4) is 0 Å². The van der Waals surface area contributed by atoms with Crippen LogP contribution in [0.3, 0.4) is 0 Å². The summed E-state index contributed by atoms with van der Waals surface area (Å²) in [6.07, 6.45) is -10.6. The van der Waals surface area contributed by atoms with Gasteiger partial charge in [-0.2, -0.15) is 0 Å². The number of aliphatic hydroxyl groups is 2. The van der Waals surface area contributed by atoms with E-state index >= 15 is 0 Å². The highest BCUT2D eigenvalue weighted by atomic mass is 16.5. The molecule has 0 aliphatic heterocycles. The Morgan fingerprint density at radius 2 is 2.36 bits per heavy atom. The lowest BCUT2D eigenvalue weighted by molar-refractivity contribution is -0.139. The van der Waals surface area contributed by atoms with Crippen LogP contribution in [0.15, 0.2) is 23.8 Å². The zero-order chi connectivity index (χ0) is 24.9. The van der Waals surface area contributed by atoms with Crippen molar-refractivity contribution in [3.05, 3.63) is 23.8 Å². The zero-order valence-corrected chi connectivity index (χ0v) is 12.1. The first-order valence-corrected chi connectivity index (χ1v) is 7.25. The Bertz CT molecular complexity index is 776. The fourth-order valence-corrected chi connectivity index (χ4v) is 2.81. The van der Waals surface area contributed by atoms with E-state index in [9.17, 15) is 15.0 Å². The smallest absolute Gasteiger partial charge is 0.305 e. The van der Waals surface area contributed by atoms with Gasteiger partial charge in [-0.1, -0.05) is 25.1 Å². The van der Waals surface area contributed by atoms with Crippen LogP contribution < -0.4 is 0 Å². The van der Waals surface area contributed by atoms with Gasteiger partial charge < -0.3 is 15.3 Å². The van der Waals surface area contributed by atoms with Crippen molar-refractivity contribution in [1.29, 1.82) is 0 Å². The molecule has 2 aliphatic carbocycles. The molecular formula is C18H28O4. The van der Waals surface area contributed by atoms with Gasteiger partial charge in [0.15, 0.2) is 0 Å². The highest BCUT2D eigenvalue weighted by Gasteiger charge is 2.32. The molecule has 1 unspecified atom stereocenters. The van der Waals surface area contributed by atoms with Crippen LogP contribution in [0.1, 0.15) is 65.3 Å². The Labute approximate surface area is 146 Å². The van der Waals surface area contributed by atoms with Crippen LogP contribution in [-0.2, 0) is 4.79 Å². The van der Waals surface area contributed by atoms with Crippen molar-refractivity contribution in [2.45, 2.75) is 63.8 Å². The normalized spacial score (nSPS) is 42.6. The minimum absolute atomic E-state index is 0.128. The molecule has 0 amide bonds. The number of fused-ring (bicyclic) bond motifs is 1. The molecule has 0 radical (unpaired) electrons. The lowest BCUT2D eigenvalue weighted by Gasteiger charge is -2.37. The first-order chi connectivity index (χ1) is 14.3. The van der Waals surface area contributed by atoms with Gasteiger partial charge in [0.25, 0.3) is 0 Å². The maximum absolute atomic E-state index is 11.1. The number of aliphatic carboxylic acids is 1. The second-order valence-electron chi connectivity index (χ2n) is 5.41. The predicted octanol–water partition coefficient (Wildman–Crippen LogP) is 2.90. The molecule has 0 bridgehead atoms. The zero-order valence-electron chi connectivity index (χ0n) is 22.1. The monoisotopic (exact) mass is 327 g/mol. The van der Waals surface area contributed by atoms with E-state index in [2.05, 4.69) is 0 Å². The Morgan fingerprint density at radius 1 is 1.55 bits per heavy atom. The molecule has 3 N–H and O–H groups in total. The minimum atomic E-state index is -3.45. The summed E-state index contributed by atoms with van der Waals surface area (Å²) in [5, 5.41) is 29.4. The predicted molar refractivity (Wildman–Crippen MR) is 85.3 cm³/mol. The van der Waals surface area contributed by atoms with E-state index in [1.165, 1.54) is 6.08 Å². The fourth-order valence-electron chi connectivity index (χ4n) is 2.81. The molecule has 4 nitrogen and oxygen atoms in total. The third kappa shape index (κ3) is 4.68. The second-order valence-corrected chi connectivity index (χ2v) is 5.41. The first-order valence-electron chi connectivity index (χ1n) is 12.3. The number of carboxylic acids is 1. The van der Waals surface area contributed by atoms with E-state index < -0.39 is 74.7 Å². The third-order valence-electron chi connectivity index (χ3n) is 3.85. The molecule has 0 saturated carbocycles. The fraction of sp³-hybridized carbons (Fsp3) is 0.722. The quantitative estimate of drug-likeness (QED) is 0.628. The Kier molecular flexibility index (Phi) is 2.92. The first kappa shape index (κ1) is 8.11. The average Bonchev–Trinajstić information content (AvgIpc) is 2.64. The number of rotatable bonds is 7. The van der Waals surface area contributed by atoms with Gasteiger partial charge in [0.1, 0.15) is 0 Å². The summed E-state index contributed by atoms with van der Waals surface area (Å²) in [4.78, 5) is 11.1. The van der Waals surface area contributed by atoms with Gasteiger partial charge in [0.2, 0.25) is 0 Å². The maximum Gasteiger partial charge on any atom is 0.305 e. The Hall–Kier alpha value is -1.13. The SMILES string of the molecule is [2H]C([13CH2][C@H]1[13C@@H](C([2H])([2H])[2H])C=[13CH]C2=[13CH]C[13CH2]C([2H])([2H])[13C@@H]21)[13C@@H](O)C([2H])([2H])[13C@@H](O)C([2H])([2H])[13C](=O)O. The van der Waals surface area contributed by atoms with Gasteiger partial charge in [-0.25, -0.2) is 0 Å². The van der Waals surface area contributed by atoms with Gasteiger partial charge in [-0.3, -0.25) is 4.79 Å². The van der Waals surface area contributed by atoms with Gasteiger partial charge in [0, 0.05) is 13.7 Å². The Balaban J connectivity index is 2.38. The van der Waals surface area contributed by atoms with Crippen molar-refractivity contribution >= 4 is 5.97 Å². The third-order valence-corrected chi connectivity index (χ3v) is 3.85. The standard InChI is InChI=1S/C18H28O4/c1-12-6-7-13-4-2-3-5-17(13)16(12)9-8-14(19)10-15(20)11-18(21)22/h4,6-7,12,14-17,19-20H,2-3,5,8-11H2,1H3,(H,21,22)/t12-,14+,15+,16-,17-/m0/s1/i1D3,3+1,4+1,5D2,7+1,8D,9+1,10D2,11D2,12+1,14+1,15+1,17+1,18+1/t8?,12-,14+,15+,16-,17-. The summed E-state index contributed by atoms with van der Waals surface area (Å²) < 4.78 is 79.2. The van der Waals surface area contributed by atoms with Crippen LogP contribution in [0, 0.1) is 17.8 Å². The summed E-state index contributed by atoms with van der Waals surface area (Å²) in [6, 6.07) is 0. The molecule has 2 rings (SSSR count). The van der Waals surface area contributed by atoms with Gasteiger partial charge >= 0.3 is 5.97 Å². The maximum atomic E-state index is 11.1. The summed E-state index contributed by atoms with van der Waals surface area (Å²) in [5.41, 5.74) is 0.568. The molecule has 2 aliphatic rings. The van der Waals surface area contributed by atoms with Crippen LogP contribution in [0.25, 0.3) is 0 Å². The number of hydrogen-bond acceptors (Lipinski definition) is 3. The molecule has 4 heteroatoms. The van der Waals surface area contributed by atoms with Crippen LogP contribution >= 0.6 is 0 Å². The molecule has 6 atom stereocenters. The van der Waals surface area contributed by atoms with E-state index in [-0.39, 0.29) is 6.42 Å². The molecule has 0 heterocycles. The van der Waals surface area contributed by atoms with Gasteiger partial charge in [-0.05, 0) is 61.7 Å². The number of carboxylic acid groups (broad SMARTS) is 1. The van der Waals surface area contributed by atoms with Crippen molar-refractivity contribution in [1.82, 2.24) is 0 Å². The molecule has 0 aromatic carbocycles. The number of hydrogen-bond donors (Lipinski definition) is 3. The highest BCUT2D eigenvalue weighted by Crippen LogP contribution is 2.42. The van der Waals surface area contributed by atoms with Crippen molar-refractivity contribution in [2.24, 2.45) is 17.8 Å². The van der Waals surface area contributed by atoms with Crippen LogP contribution in [0.5, 0.6) is 0 Å². The lowest BCUT2D eigenvalue weighted by atomic mass is 10.1. The van der Waals surface area contributed by atoms with Crippen molar-refractivity contribution < 1.29 is 33.8 Å². The summed E-state index contributed by atoms with van der Waals surface area (Å²) in [6.45, 7) is -2.55. The molecule has 0 spiro atoms. The second kappa shape index (κ2) is 7.93. The van der Waals surface area contributed by atoms with Crippen LogP contribution in [0.2, 0.25) is 0 Å². The topological polar surface area (TPSA) is 77.8 Å². The van der Waals surface area contributed by atoms with E-state index in [1.807, 2.05) is 0 Å². The highest BCUT2D eigenvalue weighted by molar-refractivity contribution is 5.67. The summed E-state index contributed by atoms with van der Waals surface area (Å²) >= 11 is 0. The van der Waals surface area contributed by atoms with E-state index in [4.69, 9.17) is 18.8 Å². The molecule has 0 saturated heterocycles. The molecule has 0 fully saturated rings. The lowest BCUT2D eigenvalue weighted by Crippen LogP contribution is -2.29. The van der Waals surface area contributed by atoms with Crippen LogP contribution in [-0.4, -0.2) is 33.5 Å². The number of carbonyl (C=O) groups is 1. The molecule has 22 heavy (non-hydrogen) atoms. The van der Waals surface area contributed by atoms with Crippen molar-refractivity contribution in [2.75, 3.05) is 0 Å². The Morgan fingerprint density at radius 3 is 3.09 bits per heavy atom. The summed E-state index contributed by atoms with van der Waals surface area (Å²) in [7, 11) is 0. The van der Waals surface area contributed by atoms with Crippen molar-refractivity contribution in [3.63, 3.8) is 0 Å². The van der Waals surface area contributed by atoms with Gasteiger partial charge in [-0.15, -0.1) is 0 Å². The molecule has 0 aromatic rings. The van der Waals surface area contributed by atoms with E-state index in [0.29, 0.717) is 12.0 Å². The van der Waals surface area contributed by atoms with E-state index in [1.54, 1.807) is 12.2 Å². The largest absolute Gasteiger partial charge is 0.481 e. The van der Waals surface area contributed by atoms with E-state index in [0.717, 1.165) is 0 Å². The minimum Gasteiger partial charge on any atom is -0.481 e. The molecule has 0 aromatic heterocycles. The average molecular weight is 327 g/mol. The number of allylic oxidation sites excluding steroid dienone is 4. The number of aliphatic hydroxyl groups excluding tert-OH is 2. The molecule has 124 valence electrons. The summed E-state index contributed by atoms with van der Waals surface area (Å²) in [5.74, 6) is -5.23. The van der Waals surface area contributed by atoms with Gasteiger partial charge in [0.05, 0.1) is 18.6 Å². The van der Waals surface area contributed by atoms with Crippen LogP contribution in [0.4, 0.5) is 0 Å².